The first-order valence-corrected chi connectivity index (χ1v) is 6.27. The van der Waals surface area contributed by atoms with Gasteiger partial charge in [-0.1, -0.05) is 15.9 Å². The summed E-state index contributed by atoms with van der Waals surface area (Å²) < 4.78 is 5.41. The van der Waals surface area contributed by atoms with E-state index in [1.165, 1.54) is 19.4 Å². The van der Waals surface area contributed by atoms with Gasteiger partial charge in [0.25, 0.3) is 0 Å². The minimum absolute atomic E-state index is 0.644. The van der Waals surface area contributed by atoms with Crippen LogP contribution in [0, 0.1) is 0 Å². The van der Waals surface area contributed by atoms with E-state index in [0.717, 1.165) is 18.5 Å². The van der Waals surface area contributed by atoms with Crippen LogP contribution in [0.25, 0.3) is 0 Å². The summed E-state index contributed by atoms with van der Waals surface area (Å²) in [4.78, 5) is 2.56. The molecule has 13 heavy (non-hydrogen) atoms. The van der Waals surface area contributed by atoms with Crippen LogP contribution in [-0.4, -0.2) is 42.1 Å². The molecule has 1 aliphatic rings. The maximum absolute atomic E-state index is 5.41. The van der Waals surface area contributed by atoms with Crippen LogP contribution in [-0.2, 0) is 4.74 Å². The molecule has 0 spiro atoms. The molecule has 1 rings (SSSR count). The zero-order valence-corrected chi connectivity index (χ0v) is 10.2. The van der Waals surface area contributed by atoms with Crippen molar-refractivity contribution in [3.63, 3.8) is 0 Å². The van der Waals surface area contributed by atoms with Crippen LogP contribution in [0.4, 0.5) is 0 Å². The molecule has 0 aliphatic carbocycles. The van der Waals surface area contributed by atoms with Crippen molar-refractivity contribution in [1.82, 2.24) is 4.90 Å². The van der Waals surface area contributed by atoms with E-state index in [1.807, 2.05) is 0 Å². The van der Waals surface area contributed by atoms with Crippen molar-refractivity contribution in [2.45, 2.75) is 38.8 Å². The molecule has 0 aromatic heterocycles. The van der Waals surface area contributed by atoms with Crippen molar-refractivity contribution < 1.29 is 4.74 Å². The highest BCUT2D eigenvalue weighted by Crippen LogP contribution is 2.15. The molecule has 1 aliphatic heterocycles. The SMILES string of the molecule is CC(C)N(CCCBr)C1CCOC1. The highest BCUT2D eigenvalue weighted by atomic mass is 79.9. The molecule has 1 fully saturated rings. The second-order valence-corrected chi connectivity index (χ2v) is 4.68. The molecule has 0 N–H and O–H groups in total. The highest BCUT2D eigenvalue weighted by Gasteiger charge is 2.24. The minimum Gasteiger partial charge on any atom is -0.380 e. The van der Waals surface area contributed by atoms with E-state index in [2.05, 4.69) is 34.7 Å². The van der Waals surface area contributed by atoms with Crippen molar-refractivity contribution in [3.8, 4) is 0 Å². The summed E-state index contributed by atoms with van der Waals surface area (Å²) in [6.07, 6.45) is 2.44. The average Bonchev–Trinajstić information content (AvgIpc) is 2.57. The van der Waals surface area contributed by atoms with Crippen molar-refractivity contribution in [2.24, 2.45) is 0 Å². The van der Waals surface area contributed by atoms with Crippen LogP contribution in [0.15, 0.2) is 0 Å². The molecule has 78 valence electrons. The number of hydrogen-bond acceptors (Lipinski definition) is 2. The molecule has 3 heteroatoms. The van der Waals surface area contributed by atoms with Crippen LogP contribution < -0.4 is 0 Å². The lowest BCUT2D eigenvalue weighted by Crippen LogP contribution is -2.41. The minimum atomic E-state index is 0.644. The molecule has 1 saturated heterocycles. The zero-order valence-electron chi connectivity index (χ0n) is 8.63. The summed E-state index contributed by atoms with van der Waals surface area (Å²) in [6, 6.07) is 1.31. The normalized spacial score (nSPS) is 23.3. The lowest BCUT2D eigenvalue weighted by atomic mass is 10.1. The summed E-state index contributed by atoms with van der Waals surface area (Å²) in [6.45, 7) is 7.61. The van der Waals surface area contributed by atoms with Gasteiger partial charge in [-0.2, -0.15) is 0 Å². The zero-order chi connectivity index (χ0) is 9.68. The summed E-state index contributed by atoms with van der Waals surface area (Å²) >= 11 is 3.48. The Morgan fingerprint density at radius 1 is 1.54 bits per heavy atom. The molecular formula is C10H20BrNO. The lowest BCUT2D eigenvalue weighted by molar-refractivity contribution is 0.121. The molecule has 1 heterocycles. The van der Waals surface area contributed by atoms with E-state index in [1.54, 1.807) is 0 Å². The second-order valence-electron chi connectivity index (χ2n) is 3.89. The Bertz CT molecular complexity index is 135. The number of hydrogen-bond donors (Lipinski definition) is 0. The van der Waals surface area contributed by atoms with Gasteiger partial charge in [0.15, 0.2) is 0 Å². The van der Waals surface area contributed by atoms with E-state index in [9.17, 15) is 0 Å². The third-order valence-corrected chi connectivity index (χ3v) is 3.15. The monoisotopic (exact) mass is 249 g/mol. The van der Waals surface area contributed by atoms with E-state index >= 15 is 0 Å². The number of nitrogens with zero attached hydrogens (tertiary/aromatic N) is 1. The molecule has 1 unspecified atom stereocenters. The van der Waals surface area contributed by atoms with Crippen LogP contribution in [0.5, 0.6) is 0 Å². The molecule has 0 amide bonds. The molecule has 0 bridgehead atoms. The number of alkyl halides is 1. The van der Waals surface area contributed by atoms with E-state index in [0.29, 0.717) is 12.1 Å². The first kappa shape index (κ1) is 11.5. The first-order chi connectivity index (χ1) is 6.25. The van der Waals surface area contributed by atoms with Gasteiger partial charge in [-0.15, -0.1) is 0 Å². The topological polar surface area (TPSA) is 12.5 Å². The largest absolute Gasteiger partial charge is 0.380 e. The maximum Gasteiger partial charge on any atom is 0.0622 e. The van der Waals surface area contributed by atoms with Crippen LogP contribution in [0.2, 0.25) is 0 Å². The first-order valence-electron chi connectivity index (χ1n) is 5.15. The Kier molecular flexibility index (Phi) is 5.29. The lowest BCUT2D eigenvalue weighted by Gasteiger charge is -2.31. The fourth-order valence-electron chi connectivity index (χ4n) is 1.89. The predicted molar refractivity (Wildman–Crippen MR) is 59.5 cm³/mol. The molecule has 1 atom stereocenters. The fraction of sp³-hybridized carbons (Fsp3) is 1.00. The van der Waals surface area contributed by atoms with Gasteiger partial charge < -0.3 is 4.74 Å². The Morgan fingerprint density at radius 2 is 2.31 bits per heavy atom. The van der Waals surface area contributed by atoms with Crippen LogP contribution in [0.1, 0.15) is 26.7 Å². The van der Waals surface area contributed by atoms with Gasteiger partial charge in [0.2, 0.25) is 0 Å². The third-order valence-electron chi connectivity index (χ3n) is 2.59. The fourth-order valence-corrected chi connectivity index (χ4v) is 2.14. The van der Waals surface area contributed by atoms with E-state index in [4.69, 9.17) is 4.74 Å². The number of halogens is 1. The molecule has 0 aromatic rings. The standard InChI is InChI=1S/C10H20BrNO/c1-9(2)12(6-3-5-11)10-4-7-13-8-10/h9-10H,3-8H2,1-2H3. The summed E-state index contributed by atoms with van der Waals surface area (Å²) in [7, 11) is 0. The predicted octanol–water partition coefficient (Wildman–Crippen LogP) is 2.27. The van der Waals surface area contributed by atoms with Crippen molar-refractivity contribution >= 4 is 15.9 Å². The van der Waals surface area contributed by atoms with Gasteiger partial charge >= 0.3 is 0 Å². The Hall–Kier alpha value is 0.400. The van der Waals surface area contributed by atoms with Crippen molar-refractivity contribution in [3.05, 3.63) is 0 Å². The summed E-state index contributed by atoms with van der Waals surface area (Å²) in [5.74, 6) is 0. The van der Waals surface area contributed by atoms with Gasteiger partial charge in [-0.3, -0.25) is 4.90 Å². The molecular weight excluding hydrogens is 230 g/mol. The average molecular weight is 250 g/mol. The quantitative estimate of drug-likeness (QED) is 0.694. The smallest absolute Gasteiger partial charge is 0.0622 e. The summed E-state index contributed by atoms with van der Waals surface area (Å²) in [5, 5.41) is 1.10. The number of ether oxygens (including phenoxy) is 1. The van der Waals surface area contributed by atoms with Gasteiger partial charge in [-0.25, -0.2) is 0 Å². The van der Waals surface area contributed by atoms with Gasteiger partial charge in [0, 0.05) is 24.0 Å². The Labute approximate surface area is 89.8 Å². The molecule has 0 saturated carbocycles. The molecule has 0 radical (unpaired) electrons. The van der Waals surface area contributed by atoms with Gasteiger partial charge in [-0.05, 0) is 33.2 Å². The summed E-state index contributed by atoms with van der Waals surface area (Å²) in [5.41, 5.74) is 0. The Morgan fingerprint density at radius 3 is 2.77 bits per heavy atom. The molecule has 0 aromatic carbocycles. The Balaban J connectivity index is 2.36. The van der Waals surface area contributed by atoms with Gasteiger partial charge in [0.05, 0.1) is 6.61 Å². The number of rotatable bonds is 5. The van der Waals surface area contributed by atoms with Gasteiger partial charge in [0.1, 0.15) is 0 Å². The van der Waals surface area contributed by atoms with Crippen molar-refractivity contribution in [2.75, 3.05) is 25.1 Å². The van der Waals surface area contributed by atoms with Crippen LogP contribution >= 0.6 is 15.9 Å². The van der Waals surface area contributed by atoms with Crippen LogP contribution in [0.3, 0.4) is 0 Å². The van der Waals surface area contributed by atoms with E-state index in [-0.39, 0.29) is 0 Å². The maximum atomic E-state index is 5.41. The third kappa shape index (κ3) is 3.56. The highest BCUT2D eigenvalue weighted by molar-refractivity contribution is 9.09. The second kappa shape index (κ2) is 5.99. The van der Waals surface area contributed by atoms with Crippen molar-refractivity contribution in [1.29, 1.82) is 0 Å². The van der Waals surface area contributed by atoms with E-state index < -0.39 is 0 Å². The molecule has 2 nitrogen and oxygen atoms in total.